The van der Waals surface area contributed by atoms with Gasteiger partial charge in [0.15, 0.2) is 0 Å². The fourth-order valence-electron chi connectivity index (χ4n) is 1.32. The molecule has 0 radical (unpaired) electrons. The highest BCUT2D eigenvalue weighted by atomic mass is 14.9. The van der Waals surface area contributed by atoms with Gasteiger partial charge in [0.1, 0.15) is 0 Å². The van der Waals surface area contributed by atoms with Crippen molar-refractivity contribution in [2.24, 2.45) is 5.41 Å². The Bertz CT molecular complexity index is 322. The van der Waals surface area contributed by atoms with Gasteiger partial charge >= 0.3 is 0 Å². The molecule has 1 aromatic carbocycles. The van der Waals surface area contributed by atoms with E-state index in [1.165, 1.54) is 5.56 Å². The van der Waals surface area contributed by atoms with Gasteiger partial charge in [0.25, 0.3) is 0 Å². The van der Waals surface area contributed by atoms with Gasteiger partial charge in [-0.3, -0.25) is 0 Å². The van der Waals surface area contributed by atoms with E-state index in [4.69, 9.17) is 5.26 Å². The summed E-state index contributed by atoms with van der Waals surface area (Å²) < 4.78 is 0. The Morgan fingerprint density at radius 1 is 1.27 bits per heavy atom. The van der Waals surface area contributed by atoms with Crippen LogP contribution >= 0.6 is 0 Å². The van der Waals surface area contributed by atoms with Crippen molar-refractivity contribution < 1.29 is 0 Å². The van der Waals surface area contributed by atoms with Gasteiger partial charge in [-0.05, 0) is 32.4 Å². The first kappa shape index (κ1) is 11.7. The van der Waals surface area contributed by atoms with Crippen LogP contribution in [0.25, 0.3) is 0 Å². The van der Waals surface area contributed by atoms with Crippen molar-refractivity contribution in [1.29, 1.82) is 5.26 Å². The second kappa shape index (κ2) is 5.53. The fraction of sp³-hybridized carbons (Fsp3) is 0.462. The summed E-state index contributed by atoms with van der Waals surface area (Å²) in [5.41, 5.74) is 1.07. The molecule has 0 atom stereocenters. The molecule has 2 nitrogen and oxygen atoms in total. The Morgan fingerprint density at radius 2 is 1.93 bits per heavy atom. The van der Waals surface area contributed by atoms with E-state index in [9.17, 15) is 0 Å². The molecule has 0 saturated carbocycles. The molecule has 0 unspecified atom stereocenters. The quantitative estimate of drug-likeness (QED) is 0.744. The molecule has 0 aliphatic carbocycles. The fourth-order valence-corrected chi connectivity index (χ4v) is 1.32. The van der Waals surface area contributed by atoms with Crippen molar-refractivity contribution in [2.45, 2.75) is 20.3 Å². The van der Waals surface area contributed by atoms with E-state index >= 15 is 0 Å². The summed E-state index contributed by atoms with van der Waals surface area (Å²) in [5.74, 6) is 0. The Labute approximate surface area is 91.9 Å². The van der Waals surface area contributed by atoms with E-state index < -0.39 is 0 Å². The van der Waals surface area contributed by atoms with E-state index in [1.807, 2.05) is 19.9 Å². The van der Waals surface area contributed by atoms with Gasteiger partial charge in [-0.2, -0.15) is 5.26 Å². The van der Waals surface area contributed by atoms with Crippen LogP contribution in [0.1, 0.15) is 19.4 Å². The Hall–Kier alpha value is -1.33. The maximum atomic E-state index is 8.82. The predicted molar refractivity (Wildman–Crippen MR) is 62.4 cm³/mol. The van der Waals surface area contributed by atoms with Crippen LogP contribution in [0.2, 0.25) is 0 Å². The molecule has 0 saturated heterocycles. The van der Waals surface area contributed by atoms with Gasteiger partial charge in [-0.25, -0.2) is 0 Å². The maximum absolute atomic E-state index is 8.82. The average Bonchev–Trinajstić information content (AvgIpc) is 2.26. The molecule has 15 heavy (non-hydrogen) atoms. The summed E-state index contributed by atoms with van der Waals surface area (Å²) in [7, 11) is 0. The first-order valence-corrected chi connectivity index (χ1v) is 5.30. The number of nitriles is 1. The number of hydrogen-bond acceptors (Lipinski definition) is 2. The summed E-state index contributed by atoms with van der Waals surface area (Å²) >= 11 is 0. The third-order valence-electron chi connectivity index (χ3n) is 2.30. The lowest BCUT2D eigenvalue weighted by atomic mass is 9.96. The second-order valence-corrected chi connectivity index (χ2v) is 4.41. The zero-order chi connectivity index (χ0) is 11.1. The Kier molecular flexibility index (Phi) is 4.33. The molecule has 0 heterocycles. The lowest BCUT2D eigenvalue weighted by Crippen LogP contribution is -2.29. The highest BCUT2D eigenvalue weighted by Crippen LogP contribution is 2.10. The van der Waals surface area contributed by atoms with Crippen LogP contribution in [0.3, 0.4) is 0 Å². The topological polar surface area (TPSA) is 35.8 Å². The molecule has 80 valence electrons. The van der Waals surface area contributed by atoms with Crippen molar-refractivity contribution in [2.75, 3.05) is 13.1 Å². The highest BCUT2D eigenvalue weighted by Gasteiger charge is 2.14. The summed E-state index contributed by atoms with van der Waals surface area (Å²) in [5, 5.41) is 12.1. The molecule has 1 N–H and O–H groups in total. The van der Waals surface area contributed by atoms with Crippen LogP contribution in [0.15, 0.2) is 30.3 Å². The SMILES string of the molecule is CC(C)(C#N)CNCCc1ccccc1. The second-order valence-electron chi connectivity index (χ2n) is 4.41. The minimum atomic E-state index is -0.267. The van der Waals surface area contributed by atoms with E-state index in [2.05, 4.69) is 35.7 Å². The van der Waals surface area contributed by atoms with Crippen LogP contribution in [0.5, 0.6) is 0 Å². The van der Waals surface area contributed by atoms with Gasteiger partial charge in [-0.15, -0.1) is 0 Å². The summed E-state index contributed by atoms with van der Waals surface area (Å²) in [6, 6.07) is 12.6. The van der Waals surface area contributed by atoms with Crippen LogP contribution in [-0.2, 0) is 6.42 Å². The lowest BCUT2D eigenvalue weighted by Gasteiger charge is -2.15. The summed E-state index contributed by atoms with van der Waals surface area (Å²) in [6.45, 7) is 5.57. The zero-order valence-corrected chi connectivity index (χ0v) is 9.46. The van der Waals surface area contributed by atoms with Gasteiger partial charge < -0.3 is 5.32 Å². The first-order valence-electron chi connectivity index (χ1n) is 5.30. The van der Waals surface area contributed by atoms with E-state index in [1.54, 1.807) is 0 Å². The van der Waals surface area contributed by atoms with Crippen LogP contribution in [0.4, 0.5) is 0 Å². The molecule has 2 heteroatoms. The smallest absolute Gasteiger partial charge is 0.0697 e. The van der Waals surface area contributed by atoms with Crippen LogP contribution in [0, 0.1) is 16.7 Å². The molecule has 0 fully saturated rings. The average molecular weight is 202 g/mol. The molecular weight excluding hydrogens is 184 g/mol. The van der Waals surface area contributed by atoms with Crippen molar-refractivity contribution >= 4 is 0 Å². The van der Waals surface area contributed by atoms with Crippen molar-refractivity contribution in [3.8, 4) is 6.07 Å². The van der Waals surface area contributed by atoms with Crippen LogP contribution < -0.4 is 5.32 Å². The number of nitrogens with one attached hydrogen (secondary N) is 1. The van der Waals surface area contributed by atoms with Gasteiger partial charge in [0.05, 0.1) is 11.5 Å². The van der Waals surface area contributed by atoms with E-state index in [0.717, 1.165) is 19.5 Å². The minimum Gasteiger partial charge on any atom is -0.315 e. The molecule has 1 rings (SSSR count). The molecular formula is C13H18N2. The van der Waals surface area contributed by atoms with Gasteiger partial charge in [-0.1, -0.05) is 30.3 Å². The summed E-state index contributed by atoms with van der Waals surface area (Å²) in [4.78, 5) is 0. The maximum Gasteiger partial charge on any atom is 0.0697 e. The van der Waals surface area contributed by atoms with E-state index in [0.29, 0.717) is 0 Å². The highest BCUT2D eigenvalue weighted by molar-refractivity contribution is 5.14. The molecule has 0 aliphatic heterocycles. The number of nitrogens with zero attached hydrogens (tertiary/aromatic N) is 1. The van der Waals surface area contributed by atoms with Crippen molar-refractivity contribution in [3.05, 3.63) is 35.9 Å². The first-order chi connectivity index (χ1) is 7.14. The number of hydrogen-bond donors (Lipinski definition) is 1. The summed E-state index contributed by atoms with van der Waals surface area (Å²) in [6.07, 6.45) is 1.02. The van der Waals surface area contributed by atoms with E-state index in [-0.39, 0.29) is 5.41 Å². The third-order valence-corrected chi connectivity index (χ3v) is 2.30. The number of benzene rings is 1. The lowest BCUT2D eigenvalue weighted by molar-refractivity contribution is 0.447. The Balaban J connectivity index is 2.21. The normalized spacial score (nSPS) is 11.0. The largest absolute Gasteiger partial charge is 0.315 e. The Morgan fingerprint density at radius 3 is 2.53 bits per heavy atom. The standard InChI is InChI=1S/C13H18N2/c1-13(2,10-14)11-15-9-8-12-6-4-3-5-7-12/h3-7,15H,8-9,11H2,1-2H3. The van der Waals surface area contributed by atoms with Gasteiger partial charge in [0, 0.05) is 6.54 Å². The zero-order valence-electron chi connectivity index (χ0n) is 9.46. The predicted octanol–water partition coefficient (Wildman–Crippen LogP) is 2.37. The molecule has 0 spiro atoms. The molecule has 0 aliphatic rings. The monoisotopic (exact) mass is 202 g/mol. The molecule has 0 bridgehead atoms. The number of rotatable bonds is 5. The molecule has 0 amide bonds. The van der Waals surface area contributed by atoms with Crippen LogP contribution in [-0.4, -0.2) is 13.1 Å². The van der Waals surface area contributed by atoms with Crippen molar-refractivity contribution in [1.82, 2.24) is 5.32 Å². The van der Waals surface area contributed by atoms with Crippen molar-refractivity contribution in [3.63, 3.8) is 0 Å². The van der Waals surface area contributed by atoms with Gasteiger partial charge in [0.2, 0.25) is 0 Å². The molecule has 0 aromatic heterocycles. The molecule has 1 aromatic rings. The third kappa shape index (κ3) is 4.62. The minimum absolute atomic E-state index is 0.267.